The predicted molar refractivity (Wildman–Crippen MR) is 110 cm³/mol. The number of unbranched alkanes of at least 4 members (excludes halogenated alkanes) is 3. The van der Waals surface area contributed by atoms with E-state index >= 15 is 4.39 Å². The molecule has 0 radical (unpaired) electrons. The fourth-order valence-electron chi connectivity index (χ4n) is 4.26. The summed E-state index contributed by atoms with van der Waals surface area (Å²) in [7, 11) is 0. The Balaban J connectivity index is 1.65. The summed E-state index contributed by atoms with van der Waals surface area (Å²) in [6.07, 6.45) is 3.58. The molecule has 2 aromatic carbocycles. The number of aromatic nitrogens is 1. The molecule has 1 aliphatic rings. The SMILES string of the molecule is NCCCCCCN1Cc2c(n(-c3ccc(F)cc3)c3ccccc23)C[C@@H]1F. The van der Waals surface area contributed by atoms with E-state index in [9.17, 15) is 4.39 Å². The zero-order chi connectivity index (χ0) is 19.5. The molecule has 5 heteroatoms. The number of hydrogen-bond donors (Lipinski definition) is 1. The molecule has 3 aromatic rings. The molecular weight excluding hydrogens is 356 g/mol. The quantitative estimate of drug-likeness (QED) is 0.463. The molecule has 0 spiro atoms. The third-order valence-corrected chi connectivity index (χ3v) is 5.69. The van der Waals surface area contributed by atoms with Gasteiger partial charge in [0, 0.05) is 36.3 Å². The summed E-state index contributed by atoms with van der Waals surface area (Å²) in [5.41, 5.74) is 9.66. The van der Waals surface area contributed by atoms with Gasteiger partial charge < -0.3 is 10.3 Å². The van der Waals surface area contributed by atoms with E-state index in [1.807, 2.05) is 17.0 Å². The summed E-state index contributed by atoms with van der Waals surface area (Å²) in [5, 5.41) is 1.15. The third kappa shape index (κ3) is 3.69. The van der Waals surface area contributed by atoms with E-state index in [-0.39, 0.29) is 5.82 Å². The van der Waals surface area contributed by atoms with Crippen LogP contribution in [0.25, 0.3) is 16.6 Å². The van der Waals surface area contributed by atoms with Gasteiger partial charge >= 0.3 is 0 Å². The highest BCUT2D eigenvalue weighted by atomic mass is 19.1. The highest BCUT2D eigenvalue weighted by molar-refractivity contribution is 5.87. The van der Waals surface area contributed by atoms with E-state index in [2.05, 4.69) is 16.7 Å². The van der Waals surface area contributed by atoms with Crippen LogP contribution in [0.2, 0.25) is 0 Å². The van der Waals surface area contributed by atoms with E-state index in [0.29, 0.717) is 13.0 Å². The molecule has 3 nitrogen and oxygen atoms in total. The van der Waals surface area contributed by atoms with Gasteiger partial charge in [0.05, 0.1) is 5.52 Å². The van der Waals surface area contributed by atoms with Crippen molar-refractivity contribution in [3.63, 3.8) is 0 Å². The lowest BCUT2D eigenvalue weighted by molar-refractivity contribution is 0.0613. The lowest BCUT2D eigenvalue weighted by Gasteiger charge is -2.31. The second-order valence-corrected chi connectivity index (χ2v) is 7.57. The van der Waals surface area contributed by atoms with Crippen molar-refractivity contribution in [2.24, 2.45) is 5.73 Å². The van der Waals surface area contributed by atoms with Crippen LogP contribution in [-0.2, 0) is 13.0 Å². The lowest BCUT2D eigenvalue weighted by atomic mass is 10.0. The number of rotatable bonds is 7. The molecule has 1 aromatic heterocycles. The lowest BCUT2D eigenvalue weighted by Crippen LogP contribution is -2.38. The van der Waals surface area contributed by atoms with Crippen LogP contribution in [0, 0.1) is 5.82 Å². The van der Waals surface area contributed by atoms with E-state index in [1.54, 1.807) is 12.1 Å². The van der Waals surface area contributed by atoms with Crippen LogP contribution in [-0.4, -0.2) is 28.9 Å². The summed E-state index contributed by atoms with van der Waals surface area (Å²) < 4.78 is 30.5. The number of para-hydroxylation sites is 1. The topological polar surface area (TPSA) is 34.2 Å². The van der Waals surface area contributed by atoms with Crippen molar-refractivity contribution in [2.75, 3.05) is 13.1 Å². The van der Waals surface area contributed by atoms with Crippen LogP contribution in [0.1, 0.15) is 36.9 Å². The maximum absolute atomic E-state index is 15.0. The summed E-state index contributed by atoms with van der Waals surface area (Å²) in [6, 6.07) is 14.6. The van der Waals surface area contributed by atoms with E-state index < -0.39 is 6.30 Å². The van der Waals surface area contributed by atoms with Gasteiger partial charge in [-0.05, 0) is 55.3 Å². The van der Waals surface area contributed by atoms with Crippen molar-refractivity contribution in [3.8, 4) is 5.69 Å². The Morgan fingerprint density at radius 1 is 0.964 bits per heavy atom. The van der Waals surface area contributed by atoms with Crippen LogP contribution >= 0.6 is 0 Å². The Labute approximate surface area is 164 Å². The average molecular weight is 383 g/mol. The van der Waals surface area contributed by atoms with Gasteiger partial charge in [-0.15, -0.1) is 0 Å². The minimum absolute atomic E-state index is 0.266. The fraction of sp³-hybridized carbons (Fsp3) is 0.391. The summed E-state index contributed by atoms with van der Waals surface area (Å²) in [5.74, 6) is -0.266. The number of halogens is 2. The van der Waals surface area contributed by atoms with Crippen molar-refractivity contribution >= 4 is 10.9 Å². The second-order valence-electron chi connectivity index (χ2n) is 7.57. The van der Waals surface area contributed by atoms with Gasteiger partial charge in [0.2, 0.25) is 0 Å². The minimum atomic E-state index is -0.995. The number of nitrogens with two attached hydrogens (primary N) is 1. The van der Waals surface area contributed by atoms with Crippen LogP contribution in [0.4, 0.5) is 8.78 Å². The Hall–Kier alpha value is -2.24. The smallest absolute Gasteiger partial charge is 0.159 e. The number of fused-ring (bicyclic) bond motifs is 3. The molecule has 0 fully saturated rings. The molecule has 2 N–H and O–H groups in total. The van der Waals surface area contributed by atoms with Crippen molar-refractivity contribution < 1.29 is 8.78 Å². The van der Waals surface area contributed by atoms with Crippen molar-refractivity contribution in [1.82, 2.24) is 9.47 Å². The van der Waals surface area contributed by atoms with Crippen molar-refractivity contribution in [1.29, 1.82) is 0 Å². The summed E-state index contributed by atoms with van der Waals surface area (Å²) in [6.45, 7) is 2.10. The first-order valence-electron chi connectivity index (χ1n) is 10.1. The normalized spacial score (nSPS) is 17.2. The third-order valence-electron chi connectivity index (χ3n) is 5.69. The zero-order valence-corrected chi connectivity index (χ0v) is 16.1. The van der Waals surface area contributed by atoms with Crippen LogP contribution in [0.3, 0.4) is 0 Å². The molecule has 0 amide bonds. The summed E-state index contributed by atoms with van der Waals surface area (Å²) in [4.78, 5) is 1.95. The van der Waals surface area contributed by atoms with Crippen molar-refractivity contribution in [3.05, 3.63) is 65.6 Å². The molecule has 28 heavy (non-hydrogen) atoms. The second kappa shape index (κ2) is 8.41. The molecule has 0 unspecified atom stereocenters. The van der Waals surface area contributed by atoms with Gasteiger partial charge in [0.25, 0.3) is 0 Å². The average Bonchev–Trinajstić information content (AvgIpc) is 3.02. The van der Waals surface area contributed by atoms with Crippen LogP contribution in [0.15, 0.2) is 48.5 Å². The Bertz CT molecular complexity index is 933. The summed E-state index contributed by atoms with van der Waals surface area (Å²) >= 11 is 0. The molecule has 0 saturated carbocycles. The zero-order valence-electron chi connectivity index (χ0n) is 16.1. The molecule has 1 aliphatic heterocycles. The van der Waals surface area contributed by atoms with Gasteiger partial charge in [0.15, 0.2) is 6.30 Å². The molecule has 0 saturated heterocycles. The largest absolute Gasteiger partial charge is 0.330 e. The van der Waals surface area contributed by atoms with Gasteiger partial charge in [-0.2, -0.15) is 0 Å². The molecule has 2 heterocycles. The van der Waals surface area contributed by atoms with E-state index in [1.165, 1.54) is 17.7 Å². The number of benzene rings is 2. The first-order valence-corrected chi connectivity index (χ1v) is 10.1. The fourth-order valence-corrected chi connectivity index (χ4v) is 4.26. The molecule has 0 aliphatic carbocycles. The Morgan fingerprint density at radius 2 is 1.71 bits per heavy atom. The maximum Gasteiger partial charge on any atom is 0.159 e. The maximum atomic E-state index is 15.0. The highest BCUT2D eigenvalue weighted by Gasteiger charge is 2.30. The highest BCUT2D eigenvalue weighted by Crippen LogP contribution is 2.35. The molecular formula is C23H27F2N3. The Kier molecular flexibility index (Phi) is 5.74. The predicted octanol–water partition coefficient (Wildman–Crippen LogP) is 4.94. The van der Waals surface area contributed by atoms with Crippen LogP contribution in [0.5, 0.6) is 0 Å². The molecule has 148 valence electrons. The standard InChI is InChI=1S/C23H27F2N3/c24-17-9-11-18(12-10-17)28-21-8-4-3-7-19(21)20-16-27(23(25)15-22(20)28)14-6-2-1-5-13-26/h3-4,7-12,23H,1-2,5-6,13-16,26H2/t23-/m1/s1. The van der Waals surface area contributed by atoms with Crippen molar-refractivity contribution in [2.45, 2.75) is 44.9 Å². The van der Waals surface area contributed by atoms with Gasteiger partial charge in [-0.25, -0.2) is 8.78 Å². The number of alkyl halides is 1. The molecule has 4 rings (SSSR count). The van der Waals surface area contributed by atoms with Crippen LogP contribution < -0.4 is 5.73 Å². The van der Waals surface area contributed by atoms with Gasteiger partial charge in [-0.3, -0.25) is 4.90 Å². The Morgan fingerprint density at radius 3 is 2.50 bits per heavy atom. The number of hydrogen-bond acceptors (Lipinski definition) is 2. The molecule has 1 atom stereocenters. The molecule has 0 bridgehead atoms. The monoisotopic (exact) mass is 383 g/mol. The number of nitrogens with zero attached hydrogens (tertiary/aromatic N) is 2. The van der Waals surface area contributed by atoms with Gasteiger partial charge in [0.1, 0.15) is 5.82 Å². The first-order chi connectivity index (χ1) is 13.7. The minimum Gasteiger partial charge on any atom is -0.330 e. The van der Waals surface area contributed by atoms with E-state index in [0.717, 1.165) is 61.1 Å². The van der Waals surface area contributed by atoms with E-state index in [4.69, 9.17) is 5.73 Å². The van der Waals surface area contributed by atoms with Gasteiger partial charge in [-0.1, -0.05) is 31.0 Å². The first kappa shape index (κ1) is 19.1.